The first kappa shape index (κ1) is 26.5. The topological polar surface area (TPSA) is 52.1 Å². The third-order valence-corrected chi connectivity index (χ3v) is 6.67. The Labute approximate surface area is 224 Å². The molecule has 4 aromatic carbocycles. The molecule has 0 aliphatic carbocycles. The SMILES string of the molecule is Fc1ccc(-c2nc3cc(C(c4ccc5oc(-c6ccc(F)cc6)nc5c4)(C(F)(F)F)C(F)(F)F)ccc3o2)cc1. The van der Waals surface area contributed by atoms with Gasteiger partial charge in [0.05, 0.1) is 0 Å². The van der Waals surface area contributed by atoms with E-state index in [4.69, 9.17) is 8.83 Å². The maximum absolute atomic E-state index is 14.8. The highest BCUT2D eigenvalue weighted by molar-refractivity contribution is 5.80. The van der Waals surface area contributed by atoms with Gasteiger partial charge in [-0.05, 0) is 83.9 Å². The van der Waals surface area contributed by atoms with E-state index in [1.165, 1.54) is 24.3 Å². The van der Waals surface area contributed by atoms with Crippen molar-refractivity contribution in [1.82, 2.24) is 9.97 Å². The Morgan fingerprint density at radius 1 is 0.488 bits per heavy atom. The number of hydrogen-bond acceptors (Lipinski definition) is 4. The fourth-order valence-electron chi connectivity index (χ4n) is 4.74. The number of fused-ring (bicyclic) bond motifs is 2. The summed E-state index contributed by atoms with van der Waals surface area (Å²) in [6.07, 6.45) is -11.7. The van der Waals surface area contributed by atoms with Gasteiger partial charge >= 0.3 is 12.4 Å². The second-order valence-electron chi connectivity index (χ2n) is 9.16. The molecule has 4 nitrogen and oxygen atoms in total. The molecule has 0 unspecified atom stereocenters. The third-order valence-electron chi connectivity index (χ3n) is 6.67. The Morgan fingerprint density at radius 2 is 0.854 bits per heavy atom. The molecule has 0 saturated heterocycles. The van der Waals surface area contributed by atoms with Crippen molar-refractivity contribution in [2.24, 2.45) is 0 Å². The fraction of sp³-hybridized carbons (Fsp3) is 0.103. The number of nitrogens with zero attached hydrogens (tertiary/aromatic N) is 2. The Hall–Kier alpha value is -4.74. The highest BCUT2D eigenvalue weighted by Gasteiger charge is 2.72. The van der Waals surface area contributed by atoms with E-state index in [2.05, 4.69) is 9.97 Å². The van der Waals surface area contributed by atoms with Crippen molar-refractivity contribution in [3.8, 4) is 22.9 Å². The first-order valence-corrected chi connectivity index (χ1v) is 11.8. The van der Waals surface area contributed by atoms with Crippen molar-refractivity contribution >= 4 is 22.2 Å². The van der Waals surface area contributed by atoms with E-state index >= 15 is 0 Å². The zero-order valence-corrected chi connectivity index (χ0v) is 20.3. The van der Waals surface area contributed by atoms with E-state index in [9.17, 15) is 35.1 Å². The summed E-state index contributed by atoms with van der Waals surface area (Å²) in [6, 6.07) is 14.3. The summed E-state index contributed by atoms with van der Waals surface area (Å²) < 4.78 is 126. The van der Waals surface area contributed by atoms with Crippen LogP contribution in [0, 0.1) is 11.6 Å². The van der Waals surface area contributed by atoms with Crippen LogP contribution in [-0.4, -0.2) is 22.3 Å². The molecule has 6 rings (SSSR count). The molecule has 0 N–H and O–H groups in total. The van der Waals surface area contributed by atoms with Crippen LogP contribution in [0.3, 0.4) is 0 Å². The zero-order valence-electron chi connectivity index (χ0n) is 20.3. The van der Waals surface area contributed by atoms with E-state index < -0.39 is 40.5 Å². The Kier molecular flexibility index (Phi) is 5.91. The largest absolute Gasteiger partial charge is 0.436 e. The monoisotopic (exact) mass is 574 g/mol. The van der Waals surface area contributed by atoms with Gasteiger partial charge < -0.3 is 8.83 Å². The Morgan fingerprint density at radius 3 is 1.20 bits per heavy atom. The van der Waals surface area contributed by atoms with E-state index in [1.54, 1.807) is 0 Å². The second-order valence-corrected chi connectivity index (χ2v) is 9.16. The normalized spacial score (nSPS) is 12.9. The third kappa shape index (κ3) is 4.30. The molecule has 2 aromatic heterocycles. The van der Waals surface area contributed by atoms with Crippen molar-refractivity contribution in [1.29, 1.82) is 0 Å². The smallest absolute Gasteiger partial charge is 0.411 e. The molecule has 12 heteroatoms. The molecule has 0 aliphatic heterocycles. The summed E-state index contributed by atoms with van der Waals surface area (Å²) in [4.78, 5) is 8.12. The molecule has 0 amide bonds. The number of benzene rings is 4. The Bertz CT molecular complexity index is 1750. The highest BCUT2D eigenvalue weighted by atomic mass is 19.4. The molecule has 41 heavy (non-hydrogen) atoms. The van der Waals surface area contributed by atoms with E-state index in [0.29, 0.717) is 24.3 Å². The lowest BCUT2D eigenvalue weighted by atomic mass is 9.72. The van der Waals surface area contributed by atoms with E-state index in [0.717, 1.165) is 36.4 Å². The molecule has 0 spiro atoms. The van der Waals surface area contributed by atoms with Gasteiger partial charge in [0.25, 0.3) is 0 Å². The van der Waals surface area contributed by atoms with Crippen LogP contribution in [-0.2, 0) is 5.41 Å². The summed E-state index contributed by atoms with van der Waals surface area (Å²) in [7, 11) is 0. The molecule has 0 saturated carbocycles. The van der Waals surface area contributed by atoms with Gasteiger partial charge in [-0.25, -0.2) is 18.7 Å². The summed E-state index contributed by atoms with van der Waals surface area (Å²) >= 11 is 0. The first-order chi connectivity index (χ1) is 19.4. The standard InChI is InChI=1S/C29H14F8N2O2/c30-19-7-1-15(2-8-19)25-38-21-13-17(5-11-23(21)40-25)27(28(32,33)34,29(35,36)37)18-6-12-24-22(14-18)39-26(41-24)16-3-9-20(31)10-4-16/h1-14H. The number of halogens is 8. The number of rotatable bonds is 4. The van der Waals surface area contributed by atoms with E-state index in [1.807, 2.05) is 0 Å². The number of alkyl halides is 6. The molecule has 0 radical (unpaired) electrons. The van der Waals surface area contributed by atoms with Gasteiger partial charge in [-0.1, -0.05) is 12.1 Å². The maximum atomic E-state index is 14.8. The molecule has 6 aromatic rings. The average Bonchev–Trinajstić information content (AvgIpc) is 3.52. The first-order valence-electron chi connectivity index (χ1n) is 11.8. The average molecular weight is 574 g/mol. The fourth-order valence-corrected chi connectivity index (χ4v) is 4.74. The number of oxazole rings is 2. The van der Waals surface area contributed by atoms with Gasteiger partial charge in [0, 0.05) is 11.1 Å². The molecule has 0 fully saturated rings. The van der Waals surface area contributed by atoms with Crippen LogP contribution in [0.4, 0.5) is 35.1 Å². The van der Waals surface area contributed by atoms with Gasteiger partial charge in [0.2, 0.25) is 17.2 Å². The predicted octanol–water partition coefficient (Wildman–Crippen LogP) is 8.99. The van der Waals surface area contributed by atoms with Crippen molar-refractivity contribution < 1.29 is 44.0 Å². The number of aromatic nitrogens is 2. The van der Waals surface area contributed by atoms with Crippen molar-refractivity contribution in [3.63, 3.8) is 0 Å². The number of hydrogen-bond donors (Lipinski definition) is 0. The Balaban J connectivity index is 1.53. The molecule has 208 valence electrons. The molecular weight excluding hydrogens is 560 g/mol. The molecule has 0 atom stereocenters. The predicted molar refractivity (Wildman–Crippen MR) is 132 cm³/mol. The minimum Gasteiger partial charge on any atom is -0.436 e. The van der Waals surface area contributed by atoms with Crippen molar-refractivity contribution in [3.05, 3.63) is 108 Å². The van der Waals surface area contributed by atoms with Gasteiger partial charge in [-0.3, -0.25) is 0 Å². The van der Waals surface area contributed by atoms with Crippen LogP contribution in [0.2, 0.25) is 0 Å². The minimum absolute atomic E-state index is 0.0674. The van der Waals surface area contributed by atoms with Crippen LogP contribution < -0.4 is 0 Å². The summed E-state index contributed by atoms with van der Waals surface area (Å²) in [5.41, 5.74) is -6.89. The second kappa shape index (κ2) is 9.15. The van der Waals surface area contributed by atoms with Crippen LogP contribution in [0.5, 0.6) is 0 Å². The van der Waals surface area contributed by atoms with Crippen LogP contribution >= 0.6 is 0 Å². The van der Waals surface area contributed by atoms with Gasteiger partial charge in [0.1, 0.15) is 22.7 Å². The molecule has 0 bridgehead atoms. The maximum Gasteiger partial charge on any atom is 0.411 e. The lowest BCUT2D eigenvalue weighted by Gasteiger charge is -2.38. The van der Waals surface area contributed by atoms with Crippen LogP contribution in [0.15, 0.2) is 93.8 Å². The summed E-state index contributed by atoms with van der Waals surface area (Å²) in [5.74, 6) is -1.33. The molecule has 0 aliphatic rings. The van der Waals surface area contributed by atoms with Crippen molar-refractivity contribution in [2.75, 3.05) is 0 Å². The van der Waals surface area contributed by atoms with E-state index in [-0.39, 0.29) is 45.1 Å². The highest BCUT2D eigenvalue weighted by Crippen LogP contribution is 2.56. The summed E-state index contributed by atoms with van der Waals surface area (Å²) in [5, 5.41) is 0. The van der Waals surface area contributed by atoms with Gasteiger partial charge in [-0.15, -0.1) is 0 Å². The van der Waals surface area contributed by atoms with Crippen LogP contribution in [0.25, 0.3) is 45.1 Å². The molecular formula is C29H14F8N2O2. The van der Waals surface area contributed by atoms with Crippen molar-refractivity contribution in [2.45, 2.75) is 17.8 Å². The summed E-state index contributed by atoms with van der Waals surface area (Å²) in [6.45, 7) is 0. The lowest BCUT2D eigenvalue weighted by molar-refractivity contribution is -0.288. The lowest BCUT2D eigenvalue weighted by Crippen LogP contribution is -2.54. The minimum atomic E-state index is -5.86. The van der Waals surface area contributed by atoms with Gasteiger partial charge in [0.15, 0.2) is 11.2 Å². The molecule has 2 heterocycles. The quantitative estimate of drug-likeness (QED) is 0.197. The zero-order chi connectivity index (χ0) is 29.2. The van der Waals surface area contributed by atoms with Crippen LogP contribution in [0.1, 0.15) is 11.1 Å². The van der Waals surface area contributed by atoms with Gasteiger partial charge in [-0.2, -0.15) is 26.3 Å².